The summed E-state index contributed by atoms with van der Waals surface area (Å²) in [4.78, 5) is 26.9. The molecule has 1 aliphatic rings. The first-order chi connectivity index (χ1) is 18.8. The van der Waals surface area contributed by atoms with E-state index in [1.807, 2.05) is 14.1 Å². The highest BCUT2D eigenvalue weighted by atomic mass is 16.2. The minimum absolute atomic E-state index is 0.0428. The van der Waals surface area contributed by atoms with Gasteiger partial charge in [0.05, 0.1) is 25.9 Å². The molecule has 0 N–H and O–H groups in total. The molecule has 4 heteroatoms. The Hall–Kier alpha value is -1.42. The molecule has 1 aliphatic heterocycles. The number of nitrogens with zero attached hydrogens (tertiary/aromatic N) is 2. The maximum Gasteiger partial charge on any atom is 0.290 e. The molecule has 1 saturated heterocycles. The molecule has 2 amide bonds. The maximum atomic E-state index is 13.8. The Morgan fingerprint density at radius 2 is 1.00 bits per heavy atom. The molecule has 1 unspecified atom stereocenters. The lowest BCUT2D eigenvalue weighted by Gasteiger charge is -2.36. The molecule has 4 nitrogen and oxygen atoms in total. The van der Waals surface area contributed by atoms with Crippen molar-refractivity contribution in [3.63, 3.8) is 0 Å². The van der Waals surface area contributed by atoms with Crippen molar-refractivity contribution in [1.82, 2.24) is 5.01 Å². The Morgan fingerprint density at radius 1 is 0.615 bits per heavy atom. The van der Waals surface area contributed by atoms with E-state index in [9.17, 15) is 9.59 Å². The molecule has 0 aromatic heterocycles. The topological polar surface area (TPSA) is 37.4 Å². The summed E-state index contributed by atoms with van der Waals surface area (Å²) >= 11 is 0. The summed E-state index contributed by atoms with van der Waals surface area (Å²) in [6, 6.07) is 0. The minimum Gasteiger partial charge on any atom is -0.269 e. The van der Waals surface area contributed by atoms with Crippen LogP contribution in [0.1, 0.15) is 162 Å². The van der Waals surface area contributed by atoms with Gasteiger partial charge in [0, 0.05) is 0 Å². The Labute approximate surface area is 243 Å². The van der Waals surface area contributed by atoms with E-state index in [2.05, 4.69) is 45.1 Å². The predicted molar refractivity (Wildman–Crippen MR) is 168 cm³/mol. The Balaban J connectivity index is 2.61. The van der Waals surface area contributed by atoms with Crippen molar-refractivity contribution in [2.24, 2.45) is 5.41 Å². The molecular formula is C35H65N2O2+. The first-order valence-corrected chi connectivity index (χ1v) is 16.9. The number of carbonyl (C=O) groups excluding carboxylic acids is 2. The fourth-order valence-corrected chi connectivity index (χ4v) is 5.96. The third-order valence-electron chi connectivity index (χ3n) is 8.36. The van der Waals surface area contributed by atoms with Gasteiger partial charge >= 0.3 is 0 Å². The number of allylic oxidation sites excluding steroid dienone is 2. The average molecular weight is 546 g/mol. The molecule has 226 valence electrons. The van der Waals surface area contributed by atoms with Crippen LogP contribution in [-0.4, -0.2) is 42.1 Å². The van der Waals surface area contributed by atoms with Crippen LogP contribution in [0.2, 0.25) is 0 Å². The number of imide groups is 1. The lowest BCUT2D eigenvalue weighted by molar-refractivity contribution is -0.978. The fourth-order valence-electron chi connectivity index (χ4n) is 5.96. The lowest BCUT2D eigenvalue weighted by Crippen LogP contribution is -2.58. The molecule has 0 aromatic rings. The van der Waals surface area contributed by atoms with Gasteiger partial charge in [0.15, 0.2) is 0 Å². The van der Waals surface area contributed by atoms with Crippen molar-refractivity contribution < 1.29 is 14.2 Å². The highest BCUT2D eigenvalue weighted by Gasteiger charge is 2.54. The third-order valence-corrected chi connectivity index (χ3v) is 8.36. The van der Waals surface area contributed by atoms with Gasteiger partial charge in [-0.05, 0) is 32.1 Å². The van der Waals surface area contributed by atoms with Crippen LogP contribution in [0.25, 0.3) is 0 Å². The van der Waals surface area contributed by atoms with E-state index in [4.69, 9.17) is 0 Å². The SMILES string of the molecule is CCCCCCCCCCC=CC1(C=CCCCCCCCCCCCC)CC(=O)N([N+](C)(C)CCC)C1=O. The summed E-state index contributed by atoms with van der Waals surface area (Å²) in [7, 11) is 3.96. The van der Waals surface area contributed by atoms with Gasteiger partial charge in [-0.1, -0.05) is 148 Å². The molecule has 0 aromatic carbocycles. The number of hydrogen-bond acceptors (Lipinski definition) is 2. The van der Waals surface area contributed by atoms with Crippen LogP contribution < -0.4 is 0 Å². The molecule has 1 heterocycles. The molecule has 39 heavy (non-hydrogen) atoms. The van der Waals surface area contributed by atoms with Gasteiger partial charge in [-0.25, -0.2) is 4.59 Å². The highest BCUT2D eigenvalue weighted by Crippen LogP contribution is 2.38. The standard InChI is InChI=1S/C35H65N2O2/c1-6-9-11-13-15-17-19-20-22-24-26-28-30-35(29-27-25-23-21-18-16-14-12-10-7-2)32-33(38)36(34(35)39)37(4,5)31-8-3/h27-30H,6-26,31-32H2,1-5H3/q+1. The van der Waals surface area contributed by atoms with E-state index < -0.39 is 5.41 Å². The van der Waals surface area contributed by atoms with Crippen molar-refractivity contribution in [2.45, 2.75) is 162 Å². The molecule has 0 saturated carbocycles. The largest absolute Gasteiger partial charge is 0.290 e. The van der Waals surface area contributed by atoms with Crippen molar-refractivity contribution in [1.29, 1.82) is 0 Å². The van der Waals surface area contributed by atoms with Crippen LogP contribution >= 0.6 is 0 Å². The highest BCUT2D eigenvalue weighted by molar-refractivity contribution is 6.07. The van der Waals surface area contributed by atoms with E-state index in [1.54, 1.807) is 0 Å². The van der Waals surface area contributed by atoms with E-state index in [0.29, 0.717) is 4.59 Å². The van der Waals surface area contributed by atoms with Gasteiger partial charge in [-0.15, -0.1) is 5.01 Å². The molecular weight excluding hydrogens is 480 g/mol. The summed E-state index contributed by atoms with van der Waals surface area (Å²) < 4.78 is 0.314. The number of amides is 2. The van der Waals surface area contributed by atoms with Crippen molar-refractivity contribution >= 4 is 11.8 Å². The predicted octanol–water partition coefficient (Wildman–Crippen LogP) is 10.1. The molecule has 0 bridgehead atoms. The van der Waals surface area contributed by atoms with Crippen molar-refractivity contribution in [3.8, 4) is 0 Å². The number of rotatable bonds is 25. The Bertz CT molecular complexity index is 711. The van der Waals surface area contributed by atoms with Gasteiger partial charge in [0.2, 0.25) is 0 Å². The third kappa shape index (κ3) is 14.2. The van der Waals surface area contributed by atoms with Crippen LogP contribution in [0.15, 0.2) is 24.3 Å². The van der Waals surface area contributed by atoms with Gasteiger partial charge in [0.25, 0.3) is 11.8 Å². The first kappa shape index (κ1) is 35.6. The molecule has 0 radical (unpaired) electrons. The summed E-state index contributed by atoms with van der Waals surface area (Å²) in [6.07, 6.45) is 35.4. The minimum atomic E-state index is -0.807. The fraction of sp³-hybridized carbons (Fsp3) is 0.829. The van der Waals surface area contributed by atoms with Gasteiger partial charge in [0.1, 0.15) is 6.54 Å². The van der Waals surface area contributed by atoms with E-state index in [0.717, 1.165) is 38.6 Å². The van der Waals surface area contributed by atoms with Crippen LogP contribution in [-0.2, 0) is 9.59 Å². The van der Waals surface area contributed by atoms with Gasteiger partial charge < -0.3 is 0 Å². The normalized spacial score (nSPS) is 18.4. The maximum absolute atomic E-state index is 13.8. The second kappa shape index (κ2) is 21.3. The summed E-state index contributed by atoms with van der Waals surface area (Å²) in [6.45, 7) is 7.41. The van der Waals surface area contributed by atoms with Crippen LogP contribution in [0.5, 0.6) is 0 Å². The van der Waals surface area contributed by atoms with Crippen LogP contribution in [0, 0.1) is 5.41 Å². The number of carbonyl (C=O) groups is 2. The van der Waals surface area contributed by atoms with Crippen molar-refractivity contribution in [2.75, 3.05) is 20.6 Å². The molecule has 0 aliphatic carbocycles. The van der Waals surface area contributed by atoms with Crippen LogP contribution in [0.4, 0.5) is 0 Å². The smallest absolute Gasteiger partial charge is 0.269 e. The second-order valence-corrected chi connectivity index (χ2v) is 12.6. The van der Waals surface area contributed by atoms with E-state index in [-0.39, 0.29) is 18.2 Å². The first-order valence-electron chi connectivity index (χ1n) is 16.9. The average Bonchev–Trinajstić information content (AvgIpc) is 3.15. The zero-order valence-corrected chi connectivity index (χ0v) is 26.8. The van der Waals surface area contributed by atoms with Gasteiger partial charge in [-0.2, -0.15) is 0 Å². The molecule has 0 spiro atoms. The Morgan fingerprint density at radius 3 is 1.38 bits per heavy atom. The van der Waals surface area contributed by atoms with E-state index in [1.165, 1.54) is 108 Å². The summed E-state index contributed by atoms with van der Waals surface area (Å²) in [5.41, 5.74) is -0.807. The van der Waals surface area contributed by atoms with Crippen molar-refractivity contribution in [3.05, 3.63) is 24.3 Å². The monoisotopic (exact) mass is 546 g/mol. The summed E-state index contributed by atoms with van der Waals surface area (Å²) in [5.74, 6) is -0.0868. The van der Waals surface area contributed by atoms with Crippen LogP contribution in [0.3, 0.4) is 0 Å². The molecule has 1 atom stereocenters. The van der Waals surface area contributed by atoms with Gasteiger partial charge in [-0.3, -0.25) is 9.59 Å². The van der Waals surface area contributed by atoms with E-state index >= 15 is 0 Å². The second-order valence-electron chi connectivity index (χ2n) is 12.6. The Kier molecular flexibility index (Phi) is 19.5. The number of hydrogen-bond donors (Lipinski definition) is 0. The summed E-state index contributed by atoms with van der Waals surface area (Å²) in [5, 5.41) is 1.52. The number of unbranched alkanes of at least 4 members (excludes halogenated alkanes) is 18. The quantitative estimate of drug-likeness (QED) is 0.0495. The zero-order chi connectivity index (χ0) is 28.8. The molecule has 1 rings (SSSR count). The molecule has 1 fully saturated rings. The zero-order valence-electron chi connectivity index (χ0n) is 26.8. The number of quaternary nitrogens is 1. The lowest BCUT2D eigenvalue weighted by atomic mass is 9.84.